The lowest BCUT2D eigenvalue weighted by molar-refractivity contribution is 0.102. The Kier molecular flexibility index (Phi) is 3.67. The van der Waals surface area contributed by atoms with Crippen LogP contribution in [0.5, 0.6) is 0 Å². The van der Waals surface area contributed by atoms with Gasteiger partial charge in [0.1, 0.15) is 11.9 Å². The number of amides is 1. The molecule has 20 heavy (non-hydrogen) atoms. The number of nitrogens with two attached hydrogens (primary N) is 1. The van der Waals surface area contributed by atoms with Gasteiger partial charge in [0.2, 0.25) is 0 Å². The molecule has 0 saturated heterocycles. The Labute approximate surface area is 115 Å². The standard InChI is InChI=1S/C15H12FN3O/c1-9-2-4-12(18)7-13(9)15(20)19-14-5-3-11(16)6-10(14)8-17/h2-7H,18H2,1H3,(H,19,20). The summed E-state index contributed by atoms with van der Waals surface area (Å²) < 4.78 is 13.0. The molecule has 2 rings (SSSR count). The van der Waals surface area contributed by atoms with Crippen molar-refractivity contribution in [3.05, 3.63) is 58.9 Å². The van der Waals surface area contributed by atoms with Gasteiger partial charge in [-0.15, -0.1) is 0 Å². The van der Waals surface area contributed by atoms with Gasteiger partial charge in [0.05, 0.1) is 11.3 Å². The van der Waals surface area contributed by atoms with Gasteiger partial charge in [-0.3, -0.25) is 4.79 Å². The number of carbonyl (C=O) groups excluding carboxylic acids is 1. The number of hydrogen-bond acceptors (Lipinski definition) is 3. The summed E-state index contributed by atoms with van der Waals surface area (Å²) in [5.74, 6) is -0.919. The van der Waals surface area contributed by atoms with E-state index in [1.165, 1.54) is 12.1 Å². The van der Waals surface area contributed by atoms with E-state index in [4.69, 9.17) is 11.0 Å². The molecule has 0 spiro atoms. The van der Waals surface area contributed by atoms with Crippen molar-refractivity contribution in [3.8, 4) is 6.07 Å². The molecule has 1 amide bonds. The number of halogens is 1. The topological polar surface area (TPSA) is 78.9 Å². The third-order valence-corrected chi connectivity index (χ3v) is 2.86. The normalized spacial score (nSPS) is 9.85. The Balaban J connectivity index is 2.33. The van der Waals surface area contributed by atoms with E-state index < -0.39 is 11.7 Å². The van der Waals surface area contributed by atoms with Crippen LogP contribution in [-0.2, 0) is 0 Å². The second-order valence-electron chi connectivity index (χ2n) is 4.33. The quantitative estimate of drug-likeness (QED) is 0.823. The first-order chi connectivity index (χ1) is 9.51. The molecule has 0 aliphatic carbocycles. The molecule has 0 aromatic heterocycles. The number of benzene rings is 2. The number of anilines is 2. The number of nitrogens with one attached hydrogen (secondary N) is 1. The van der Waals surface area contributed by atoms with Gasteiger partial charge >= 0.3 is 0 Å². The van der Waals surface area contributed by atoms with Gasteiger partial charge in [-0.1, -0.05) is 6.07 Å². The van der Waals surface area contributed by atoms with Crippen molar-refractivity contribution in [2.24, 2.45) is 0 Å². The minimum Gasteiger partial charge on any atom is -0.399 e. The number of aryl methyl sites for hydroxylation is 1. The summed E-state index contributed by atoms with van der Waals surface area (Å²) in [6, 6.07) is 10.4. The SMILES string of the molecule is Cc1ccc(N)cc1C(=O)Nc1ccc(F)cc1C#N. The van der Waals surface area contributed by atoms with Gasteiger partial charge in [0.25, 0.3) is 5.91 Å². The highest BCUT2D eigenvalue weighted by molar-refractivity contribution is 6.06. The average molecular weight is 269 g/mol. The van der Waals surface area contributed by atoms with E-state index in [0.29, 0.717) is 11.3 Å². The van der Waals surface area contributed by atoms with Gasteiger partial charge in [0.15, 0.2) is 0 Å². The predicted octanol–water partition coefficient (Wildman–Crippen LogP) is 2.84. The molecule has 0 heterocycles. The van der Waals surface area contributed by atoms with Crippen molar-refractivity contribution in [1.29, 1.82) is 5.26 Å². The molecular weight excluding hydrogens is 257 g/mol. The molecule has 0 aliphatic heterocycles. The van der Waals surface area contributed by atoms with Crippen molar-refractivity contribution in [3.63, 3.8) is 0 Å². The van der Waals surface area contributed by atoms with Crippen LogP contribution in [0.1, 0.15) is 21.5 Å². The van der Waals surface area contributed by atoms with E-state index in [-0.39, 0.29) is 11.3 Å². The lowest BCUT2D eigenvalue weighted by Crippen LogP contribution is -2.14. The van der Waals surface area contributed by atoms with Crippen LogP contribution in [0.2, 0.25) is 0 Å². The fourth-order valence-corrected chi connectivity index (χ4v) is 1.79. The van der Waals surface area contributed by atoms with Crippen LogP contribution in [0.15, 0.2) is 36.4 Å². The fourth-order valence-electron chi connectivity index (χ4n) is 1.79. The van der Waals surface area contributed by atoms with Gasteiger partial charge < -0.3 is 11.1 Å². The molecule has 4 nitrogen and oxygen atoms in total. The van der Waals surface area contributed by atoms with Gasteiger partial charge in [-0.25, -0.2) is 4.39 Å². The molecule has 2 aromatic carbocycles. The van der Waals surface area contributed by atoms with Crippen molar-refractivity contribution < 1.29 is 9.18 Å². The van der Waals surface area contributed by atoms with Crippen LogP contribution >= 0.6 is 0 Å². The molecular formula is C15H12FN3O. The summed E-state index contributed by atoms with van der Waals surface area (Å²) in [4.78, 5) is 12.2. The van der Waals surface area contributed by atoms with E-state index in [1.807, 2.05) is 6.07 Å². The molecule has 3 N–H and O–H groups in total. The lowest BCUT2D eigenvalue weighted by atomic mass is 10.1. The first-order valence-corrected chi connectivity index (χ1v) is 5.88. The predicted molar refractivity (Wildman–Crippen MR) is 74.7 cm³/mol. The smallest absolute Gasteiger partial charge is 0.256 e. The molecule has 0 saturated carbocycles. The minimum atomic E-state index is -0.528. The van der Waals surface area contributed by atoms with Crippen molar-refractivity contribution in [2.45, 2.75) is 6.92 Å². The summed E-state index contributed by atoms with van der Waals surface area (Å²) in [6.45, 7) is 1.78. The Bertz CT molecular complexity index is 720. The maximum atomic E-state index is 13.0. The zero-order valence-corrected chi connectivity index (χ0v) is 10.8. The van der Waals surface area contributed by atoms with Crippen molar-refractivity contribution in [2.75, 3.05) is 11.1 Å². The number of nitrogens with zero attached hydrogens (tertiary/aromatic N) is 1. The van der Waals surface area contributed by atoms with Crippen LogP contribution in [-0.4, -0.2) is 5.91 Å². The van der Waals surface area contributed by atoms with Gasteiger partial charge in [-0.05, 0) is 42.8 Å². The Hall–Kier alpha value is -2.87. The second kappa shape index (κ2) is 5.41. The number of carbonyl (C=O) groups is 1. The number of hydrogen-bond donors (Lipinski definition) is 2. The Morgan fingerprint density at radius 1 is 1.30 bits per heavy atom. The van der Waals surface area contributed by atoms with E-state index in [2.05, 4.69) is 5.32 Å². The van der Waals surface area contributed by atoms with Crippen LogP contribution in [0, 0.1) is 24.1 Å². The molecule has 2 aromatic rings. The van der Waals surface area contributed by atoms with Crippen LogP contribution in [0.3, 0.4) is 0 Å². The fraction of sp³-hybridized carbons (Fsp3) is 0.0667. The molecule has 0 radical (unpaired) electrons. The molecule has 5 heteroatoms. The summed E-state index contributed by atoms with van der Waals surface area (Å²) in [5, 5.41) is 11.5. The zero-order valence-electron chi connectivity index (χ0n) is 10.8. The zero-order chi connectivity index (χ0) is 14.7. The molecule has 0 aliphatic rings. The number of rotatable bonds is 2. The van der Waals surface area contributed by atoms with Crippen molar-refractivity contribution in [1.82, 2.24) is 0 Å². The minimum absolute atomic E-state index is 0.0694. The summed E-state index contributed by atoms with van der Waals surface area (Å²) in [6.07, 6.45) is 0. The summed E-state index contributed by atoms with van der Waals surface area (Å²) in [7, 11) is 0. The van der Waals surface area contributed by atoms with E-state index >= 15 is 0 Å². The van der Waals surface area contributed by atoms with E-state index in [0.717, 1.165) is 11.6 Å². The molecule has 100 valence electrons. The lowest BCUT2D eigenvalue weighted by Gasteiger charge is -2.09. The third kappa shape index (κ3) is 2.75. The van der Waals surface area contributed by atoms with Crippen LogP contribution in [0.25, 0.3) is 0 Å². The van der Waals surface area contributed by atoms with Crippen molar-refractivity contribution >= 4 is 17.3 Å². The van der Waals surface area contributed by atoms with Gasteiger partial charge in [-0.2, -0.15) is 5.26 Å². The average Bonchev–Trinajstić information content (AvgIpc) is 2.43. The summed E-state index contributed by atoms with van der Waals surface area (Å²) in [5.41, 5.74) is 7.64. The molecule has 0 unspecified atom stereocenters. The van der Waals surface area contributed by atoms with Gasteiger partial charge in [0, 0.05) is 11.3 Å². The molecule has 0 fully saturated rings. The number of nitriles is 1. The highest BCUT2D eigenvalue weighted by Crippen LogP contribution is 2.19. The third-order valence-electron chi connectivity index (χ3n) is 2.86. The molecule has 0 bridgehead atoms. The van der Waals surface area contributed by atoms with Crippen LogP contribution < -0.4 is 11.1 Å². The largest absolute Gasteiger partial charge is 0.399 e. The highest BCUT2D eigenvalue weighted by atomic mass is 19.1. The molecule has 0 atom stereocenters. The monoisotopic (exact) mass is 269 g/mol. The Morgan fingerprint density at radius 2 is 2.05 bits per heavy atom. The highest BCUT2D eigenvalue weighted by Gasteiger charge is 2.12. The first-order valence-electron chi connectivity index (χ1n) is 5.88. The summed E-state index contributed by atoms with van der Waals surface area (Å²) >= 11 is 0. The van der Waals surface area contributed by atoms with Crippen LogP contribution in [0.4, 0.5) is 15.8 Å². The van der Waals surface area contributed by atoms with E-state index in [1.54, 1.807) is 25.1 Å². The maximum absolute atomic E-state index is 13.0. The maximum Gasteiger partial charge on any atom is 0.256 e. The number of nitrogen functional groups attached to an aromatic ring is 1. The first kappa shape index (κ1) is 13.6. The van der Waals surface area contributed by atoms with E-state index in [9.17, 15) is 9.18 Å². The Morgan fingerprint density at radius 3 is 2.75 bits per heavy atom. The second-order valence-corrected chi connectivity index (χ2v) is 4.33.